The number of nitrogens with zero attached hydrogens (tertiary/aromatic N) is 1. The van der Waals surface area contributed by atoms with Gasteiger partial charge in [-0.3, -0.25) is 4.99 Å². The fraction of sp³-hybridized carbons (Fsp3) is 0.462. The largest absolute Gasteiger partial charge is 0.397 e. The molecule has 84 valence electrons. The number of aliphatic imine (C=N–C) groups is 1. The molecule has 0 fully saturated rings. The van der Waals surface area contributed by atoms with Gasteiger partial charge in [0.2, 0.25) is 0 Å². The third kappa shape index (κ3) is 4.15. The Morgan fingerprint density at radius 2 is 1.87 bits per heavy atom. The lowest BCUT2D eigenvalue weighted by Crippen LogP contribution is -1.90. The molecule has 0 radical (unpaired) electrons. The zero-order valence-corrected chi connectivity index (χ0v) is 10.4. The van der Waals surface area contributed by atoms with Gasteiger partial charge >= 0.3 is 0 Å². The van der Waals surface area contributed by atoms with Crippen molar-refractivity contribution in [3.05, 3.63) is 23.8 Å². The van der Waals surface area contributed by atoms with Crippen molar-refractivity contribution in [1.29, 1.82) is 0 Å². The Hall–Kier alpha value is -1.31. The lowest BCUT2D eigenvalue weighted by molar-refractivity contribution is 0.867. The minimum absolute atomic E-state index is 0.520. The van der Waals surface area contributed by atoms with E-state index in [0.29, 0.717) is 5.92 Å². The molecule has 0 heterocycles. The Balaban J connectivity index is 0.000000921. The first-order valence-electron chi connectivity index (χ1n) is 5.53. The van der Waals surface area contributed by atoms with Crippen LogP contribution in [0.4, 0.5) is 11.4 Å². The van der Waals surface area contributed by atoms with Crippen LogP contribution in [0.15, 0.2) is 23.2 Å². The molecule has 0 spiro atoms. The smallest absolute Gasteiger partial charge is 0.0857 e. The number of nitrogens with two attached hydrogens (primary N) is 1. The zero-order valence-electron chi connectivity index (χ0n) is 10.4. The van der Waals surface area contributed by atoms with Crippen LogP contribution in [0, 0.1) is 0 Å². The van der Waals surface area contributed by atoms with Gasteiger partial charge in [0, 0.05) is 6.21 Å². The number of hydrogen-bond acceptors (Lipinski definition) is 2. The van der Waals surface area contributed by atoms with Crippen LogP contribution in [0.25, 0.3) is 0 Å². The molecule has 0 aliphatic rings. The van der Waals surface area contributed by atoms with E-state index in [1.54, 1.807) is 6.21 Å². The molecule has 0 saturated heterocycles. The highest BCUT2D eigenvalue weighted by atomic mass is 14.8. The fourth-order valence-electron chi connectivity index (χ4n) is 1.17. The maximum absolute atomic E-state index is 5.76. The van der Waals surface area contributed by atoms with Crippen LogP contribution in [-0.2, 0) is 0 Å². The molecule has 1 aromatic carbocycles. The Kier molecular flexibility index (Phi) is 6.43. The quantitative estimate of drug-likeness (QED) is 0.573. The predicted octanol–water partition coefficient (Wildman–Crippen LogP) is 4.14. The third-order valence-electron chi connectivity index (χ3n) is 1.99. The van der Waals surface area contributed by atoms with Crippen molar-refractivity contribution in [3.8, 4) is 0 Å². The van der Waals surface area contributed by atoms with E-state index in [0.717, 1.165) is 11.4 Å². The van der Waals surface area contributed by atoms with Crippen LogP contribution in [-0.4, -0.2) is 6.21 Å². The van der Waals surface area contributed by atoms with E-state index < -0.39 is 0 Å². The molecule has 0 atom stereocenters. The van der Waals surface area contributed by atoms with E-state index in [9.17, 15) is 0 Å². The number of benzene rings is 1. The van der Waals surface area contributed by atoms with Gasteiger partial charge in [0.15, 0.2) is 0 Å². The molecule has 0 bridgehead atoms. The summed E-state index contributed by atoms with van der Waals surface area (Å²) in [4.78, 5) is 4.20. The van der Waals surface area contributed by atoms with E-state index in [4.69, 9.17) is 5.73 Å². The van der Waals surface area contributed by atoms with Crippen molar-refractivity contribution in [2.75, 3.05) is 5.73 Å². The van der Waals surface area contributed by atoms with Crippen molar-refractivity contribution in [2.24, 2.45) is 4.99 Å². The maximum Gasteiger partial charge on any atom is 0.0857 e. The molecule has 0 aromatic heterocycles. The fourth-order valence-corrected chi connectivity index (χ4v) is 1.17. The zero-order chi connectivity index (χ0) is 11.8. The van der Waals surface area contributed by atoms with E-state index >= 15 is 0 Å². The first kappa shape index (κ1) is 13.7. The van der Waals surface area contributed by atoms with E-state index in [1.165, 1.54) is 5.56 Å². The summed E-state index contributed by atoms with van der Waals surface area (Å²) in [6, 6.07) is 6.01. The lowest BCUT2D eigenvalue weighted by atomic mass is 10.0. The molecule has 0 aliphatic heterocycles. The van der Waals surface area contributed by atoms with Gasteiger partial charge in [-0.2, -0.15) is 0 Å². The van der Waals surface area contributed by atoms with Gasteiger partial charge in [0.05, 0.1) is 11.4 Å². The van der Waals surface area contributed by atoms with Crippen LogP contribution in [0.1, 0.15) is 46.1 Å². The summed E-state index contributed by atoms with van der Waals surface area (Å²) < 4.78 is 0. The van der Waals surface area contributed by atoms with Gasteiger partial charge in [-0.1, -0.05) is 33.8 Å². The molecule has 2 nitrogen and oxygen atoms in total. The second-order valence-corrected chi connectivity index (χ2v) is 3.36. The van der Waals surface area contributed by atoms with Gasteiger partial charge in [-0.15, -0.1) is 0 Å². The second-order valence-electron chi connectivity index (χ2n) is 3.36. The summed E-state index contributed by atoms with van der Waals surface area (Å²) in [5.74, 6) is 0.520. The van der Waals surface area contributed by atoms with Crippen molar-refractivity contribution >= 4 is 17.6 Å². The molecule has 2 heteroatoms. The average Bonchev–Trinajstić information content (AvgIpc) is 2.24. The highest BCUT2D eigenvalue weighted by Gasteiger charge is 2.02. The van der Waals surface area contributed by atoms with E-state index in [1.807, 2.05) is 32.9 Å². The molecular weight excluding hydrogens is 184 g/mol. The topological polar surface area (TPSA) is 38.4 Å². The Morgan fingerprint density at radius 3 is 2.33 bits per heavy atom. The molecule has 0 aliphatic carbocycles. The minimum Gasteiger partial charge on any atom is -0.397 e. The van der Waals surface area contributed by atoms with Gasteiger partial charge < -0.3 is 5.73 Å². The predicted molar refractivity (Wildman–Crippen MR) is 70.1 cm³/mol. The van der Waals surface area contributed by atoms with Gasteiger partial charge in [-0.05, 0) is 30.5 Å². The summed E-state index contributed by atoms with van der Waals surface area (Å²) in [5.41, 5.74) is 8.64. The Bertz CT molecular complexity index is 314. The molecule has 0 saturated carbocycles. The molecule has 1 aromatic rings. The summed E-state index contributed by atoms with van der Waals surface area (Å²) in [6.07, 6.45) is 1.76. The number of rotatable bonds is 2. The first-order chi connectivity index (χ1) is 7.15. The van der Waals surface area contributed by atoms with Crippen LogP contribution < -0.4 is 5.73 Å². The highest BCUT2D eigenvalue weighted by Crippen LogP contribution is 2.26. The van der Waals surface area contributed by atoms with Crippen LogP contribution in [0.5, 0.6) is 0 Å². The lowest BCUT2D eigenvalue weighted by Gasteiger charge is -2.07. The SMILES string of the molecule is CC.CC=Nc1cc(C(C)C)ccc1N. The molecule has 0 unspecified atom stereocenters. The second kappa shape index (κ2) is 7.04. The maximum atomic E-state index is 5.76. The van der Waals surface area contributed by atoms with E-state index in [-0.39, 0.29) is 0 Å². The number of hydrogen-bond donors (Lipinski definition) is 1. The Morgan fingerprint density at radius 1 is 1.27 bits per heavy atom. The van der Waals surface area contributed by atoms with Gasteiger partial charge in [0.25, 0.3) is 0 Å². The number of nitrogen functional groups attached to an aromatic ring is 1. The third-order valence-corrected chi connectivity index (χ3v) is 1.99. The average molecular weight is 206 g/mol. The van der Waals surface area contributed by atoms with Crippen LogP contribution in [0.2, 0.25) is 0 Å². The monoisotopic (exact) mass is 206 g/mol. The van der Waals surface area contributed by atoms with Crippen molar-refractivity contribution in [2.45, 2.75) is 40.5 Å². The van der Waals surface area contributed by atoms with E-state index in [2.05, 4.69) is 24.9 Å². The molecular formula is C13H22N2. The molecule has 2 N–H and O–H groups in total. The first-order valence-corrected chi connectivity index (χ1v) is 5.53. The van der Waals surface area contributed by atoms with Crippen molar-refractivity contribution in [3.63, 3.8) is 0 Å². The normalized spacial score (nSPS) is 10.3. The standard InChI is InChI=1S/C11H16N2.C2H6/c1-4-13-11-7-9(8(2)3)5-6-10(11)12;1-2/h4-8H,12H2,1-3H3;1-2H3. The Labute approximate surface area is 93.2 Å². The summed E-state index contributed by atoms with van der Waals surface area (Å²) in [7, 11) is 0. The van der Waals surface area contributed by atoms with Crippen LogP contribution >= 0.6 is 0 Å². The van der Waals surface area contributed by atoms with Crippen molar-refractivity contribution in [1.82, 2.24) is 0 Å². The van der Waals surface area contributed by atoms with Gasteiger partial charge in [-0.25, -0.2) is 0 Å². The number of anilines is 1. The van der Waals surface area contributed by atoms with Crippen LogP contribution in [0.3, 0.4) is 0 Å². The summed E-state index contributed by atoms with van der Waals surface area (Å²) in [5, 5.41) is 0. The molecule has 1 rings (SSSR count). The van der Waals surface area contributed by atoms with Gasteiger partial charge in [0.1, 0.15) is 0 Å². The van der Waals surface area contributed by atoms with Crippen molar-refractivity contribution < 1.29 is 0 Å². The molecule has 0 amide bonds. The summed E-state index contributed by atoms with van der Waals surface area (Å²) in [6.45, 7) is 10.2. The summed E-state index contributed by atoms with van der Waals surface area (Å²) >= 11 is 0. The highest BCUT2D eigenvalue weighted by molar-refractivity contribution is 5.70. The molecule has 15 heavy (non-hydrogen) atoms. The minimum atomic E-state index is 0.520.